The molecular weight excluding hydrogens is 230 g/mol. The summed E-state index contributed by atoms with van der Waals surface area (Å²) in [6.07, 6.45) is 4.92. The van der Waals surface area contributed by atoms with Gasteiger partial charge in [0.1, 0.15) is 6.33 Å². The van der Waals surface area contributed by atoms with Crippen molar-refractivity contribution in [3.63, 3.8) is 0 Å². The van der Waals surface area contributed by atoms with Crippen molar-refractivity contribution >= 4 is 5.91 Å². The number of hydrogen-bond acceptors (Lipinski definition) is 4. The van der Waals surface area contributed by atoms with Crippen LogP contribution >= 0.6 is 0 Å². The number of amides is 1. The predicted octanol–water partition coefficient (Wildman–Crippen LogP) is 0.557. The van der Waals surface area contributed by atoms with Crippen LogP contribution in [-0.2, 0) is 19.4 Å². The number of nitrogens with zero attached hydrogens (tertiary/aromatic N) is 4. The number of hydrogen-bond donors (Lipinski definition) is 1. The Kier molecular flexibility index (Phi) is 2.36. The third-order valence-corrected chi connectivity index (χ3v) is 3.24. The Hall–Kier alpha value is -2.24. The van der Waals surface area contributed by atoms with Gasteiger partial charge in [-0.25, -0.2) is 9.97 Å². The van der Waals surface area contributed by atoms with Gasteiger partial charge < -0.3 is 5.73 Å². The van der Waals surface area contributed by atoms with E-state index in [-0.39, 0.29) is 0 Å². The van der Waals surface area contributed by atoms with Crippen LogP contribution in [0, 0.1) is 0 Å². The maximum absolute atomic E-state index is 11.4. The minimum absolute atomic E-state index is 0.371. The molecule has 0 atom stereocenters. The zero-order chi connectivity index (χ0) is 12.7. The number of primary amides is 1. The Labute approximate surface area is 104 Å². The number of aryl methyl sites for hydroxylation is 2. The van der Waals surface area contributed by atoms with E-state index in [1.165, 1.54) is 6.33 Å². The highest BCUT2D eigenvalue weighted by molar-refractivity contribution is 5.94. The molecule has 0 bridgehead atoms. The van der Waals surface area contributed by atoms with Gasteiger partial charge in [0.05, 0.1) is 11.4 Å². The molecule has 1 aliphatic rings. The summed E-state index contributed by atoms with van der Waals surface area (Å²) in [7, 11) is 0. The van der Waals surface area contributed by atoms with Crippen molar-refractivity contribution in [2.45, 2.75) is 26.3 Å². The first kappa shape index (κ1) is 10.9. The molecule has 0 fully saturated rings. The molecule has 18 heavy (non-hydrogen) atoms. The van der Waals surface area contributed by atoms with Crippen molar-refractivity contribution in [3.05, 3.63) is 29.3 Å². The number of nitrogens with two attached hydrogens (primary N) is 1. The van der Waals surface area contributed by atoms with Gasteiger partial charge in [-0.3, -0.25) is 9.48 Å². The average Bonchev–Trinajstić information content (AvgIpc) is 2.78. The summed E-state index contributed by atoms with van der Waals surface area (Å²) in [4.78, 5) is 19.8. The Balaban J connectivity index is 2.29. The van der Waals surface area contributed by atoms with Gasteiger partial charge >= 0.3 is 0 Å². The maximum Gasteiger partial charge on any atom is 0.269 e. The van der Waals surface area contributed by atoms with Gasteiger partial charge in [-0.1, -0.05) is 0 Å². The SMILES string of the molecule is CCn1nc(C(N)=O)c2c1-c1ncncc1CC2. The fraction of sp³-hybridized carbons (Fsp3) is 0.333. The molecular formula is C12H13N5O. The first-order valence-corrected chi connectivity index (χ1v) is 5.91. The van der Waals surface area contributed by atoms with Crippen LogP contribution in [0.2, 0.25) is 0 Å². The highest BCUT2D eigenvalue weighted by Crippen LogP contribution is 2.33. The molecule has 2 N–H and O–H groups in total. The fourth-order valence-electron chi connectivity index (χ4n) is 2.44. The minimum Gasteiger partial charge on any atom is -0.364 e. The Morgan fingerprint density at radius 1 is 1.50 bits per heavy atom. The molecule has 0 saturated heterocycles. The average molecular weight is 243 g/mol. The molecule has 0 spiro atoms. The van der Waals surface area contributed by atoms with Gasteiger partial charge in [0, 0.05) is 18.3 Å². The van der Waals surface area contributed by atoms with Gasteiger partial charge in [0.25, 0.3) is 5.91 Å². The topological polar surface area (TPSA) is 86.7 Å². The van der Waals surface area contributed by atoms with Crippen LogP contribution < -0.4 is 5.73 Å². The lowest BCUT2D eigenvalue weighted by Crippen LogP contribution is -2.15. The van der Waals surface area contributed by atoms with Crippen LogP contribution in [0.3, 0.4) is 0 Å². The number of carbonyl (C=O) groups is 1. The Morgan fingerprint density at radius 2 is 2.33 bits per heavy atom. The van der Waals surface area contributed by atoms with E-state index in [0.717, 1.165) is 35.4 Å². The van der Waals surface area contributed by atoms with E-state index in [1.807, 2.05) is 13.1 Å². The third-order valence-electron chi connectivity index (χ3n) is 3.24. The van der Waals surface area contributed by atoms with Gasteiger partial charge in [0.15, 0.2) is 5.69 Å². The van der Waals surface area contributed by atoms with E-state index in [0.29, 0.717) is 12.2 Å². The second-order valence-corrected chi connectivity index (χ2v) is 4.25. The van der Waals surface area contributed by atoms with Gasteiger partial charge in [-0.15, -0.1) is 0 Å². The normalized spacial score (nSPS) is 12.9. The molecule has 6 nitrogen and oxygen atoms in total. The molecule has 2 heterocycles. The zero-order valence-electron chi connectivity index (χ0n) is 10.1. The van der Waals surface area contributed by atoms with E-state index >= 15 is 0 Å². The minimum atomic E-state index is -0.476. The van der Waals surface area contributed by atoms with Gasteiger partial charge in [0.2, 0.25) is 0 Å². The second kappa shape index (κ2) is 3.90. The van der Waals surface area contributed by atoms with Crippen molar-refractivity contribution in [2.24, 2.45) is 5.73 Å². The molecule has 1 amide bonds. The van der Waals surface area contributed by atoms with Crippen molar-refractivity contribution in [2.75, 3.05) is 0 Å². The summed E-state index contributed by atoms with van der Waals surface area (Å²) < 4.78 is 1.79. The summed E-state index contributed by atoms with van der Waals surface area (Å²) in [5, 5.41) is 4.29. The smallest absolute Gasteiger partial charge is 0.269 e. The Morgan fingerprint density at radius 3 is 3.06 bits per heavy atom. The van der Waals surface area contributed by atoms with E-state index in [2.05, 4.69) is 15.1 Å². The van der Waals surface area contributed by atoms with E-state index in [1.54, 1.807) is 4.68 Å². The standard InChI is InChI=1S/C12H13N5O/c1-2-17-11-8(10(16-17)12(13)18)4-3-7-5-14-6-15-9(7)11/h5-6H,2-4H2,1H3,(H2,13,18). The van der Waals surface area contributed by atoms with E-state index < -0.39 is 5.91 Å². The molecule has 0 aliphatic heterocycles. The first-order chi connectivity index (χ1) is 8.72. The van der Waals surface area contributed by atoms with Crippen LogP contribution in [0.5, 0.6) is 0 Å². The van der Waals surface area contributed by atoms with Crippen LogP contribution in [0.4, 0.5) is 0 Å². The molecule has 0 unspecified atom stereocenters. The van der Waals surface area contributed by atoms with Crippen molar-refractivity contribution in [3.8, 4) is 11.4 Å². The van der Waals surface area contributed by atoms with Crippen LogP contribution in [0.15, 0.2) is 12.5 Å². The van der Waals surface area contributed by atoms with E-state index in [4.69, 9.17) is 5.73 Å². The number of aromatic nitrogens is 4. The largest absolute Gasteiger partial charge is 0.364 e. The third kappa shape index (κ3) is 1.42. The number of rotatable bonds is 2. The van der Waals surface area contributed by atoms with Crippen molar-refractivity contribution < 1.29 is 4.79 Å². The fourth-order valence-corrected chi connectivity index (χ4v) is 2.44. The van der Waals surface area contributed by atoms with Gasteiger partial charge in [-0.05, 0) is 25.3 Å². The summed E-state index contributed by atoms with van der Waals surface area (Å²) in [5.41, 5.74) is 9.54. The first-order valence-electron chi connectivity index (χ1n) is 5.91. The Bertz CT molecular complexity index is 631. The lowest BCUT2D eigenvalue weighted by atomic mass is 9.93. The van der Waals surface area contributed by atoms with E-state index in [9.17, 15) is 4.79 Å². The highest BCUT2D eigenvalue weighted by atomic mass is 16.1. The number of fused-ring (bicyclic) bond motifs is 3. The number of carbonyl (C=O) groups excluding carboxylic acids is 1. The molecule has 2 aromatic rings. The van der Waals surface area contributed by atoms with Gasteiger partial charge in [-0.2, -0.15) is 5.10 Å². The molecule has 3 rings (SSSR count). The molecule has 6 heteroatoms. The van der Waals surface area contributed by atoms with Crippen molar-refractivity contribution in [1.29, 1.82) is 0 Å². The summed E-state index contributed by atoms with van der Waals surface area (Å²) in [6, 6.07) is 0. The molecule has 0 radical (unpaired) electrons. The molecule has 2 aromatic heterocycles. The lowest BCUT2D eigenvalue weighted by molar-refractivity contribution is 0.0994. The quantitative estimate of drug-likeness (QED) is 0.834. The monoisotopic (exact) mass is 243 g/mol. The highest BCUT2D eigenvalue weighted by Gasteiger charge is 2.27. The maximum atomic E-state index is 11.4. The van der Waals surface area contributed by atoms with Crippen LogP contribution in [0.25, 0.3) is 11.4 Å². The lowest BCUT2D eigenvalue weighted by Gasteiger charge is -2.16. The summed E-state index contributed by atoms with van der Waals surface area (Å²) in [6.45, 7) is 2.66. The zero-order valence-corrected chi connectivity index (χ0v) is 10.1. The summed E-state index contributed by atoms with van der Waals surface area (Å²) in [5.74, 6) is -0.476. The van der Waals surface area contributed by atoms with Crippen LogP contribution in [0.1, 0.15) is 28.5 Å². The summed E-state index contributed by atoms with van der Waals surface area (Å²) >= 11 is 0. The molecule has 0 aromatic carbocycles. The predicted molar refractivity (Wildman–Crippen MR) is 64.9 cm³/mol. The van der Waals surface area contributed by atoms with Crippen molar-refractivity contribution in [1.82, 2.24) is 19.7 Å². The molecule has 1 aliphatic carbocycles. The molecule has 0 saturated carbocycles. The second-order valence-electron chi connectivity index (χ2n) is 4.25. The van der Waals surface area contributed by atoms with Crippen LogP contribution in [-0.4, -0.2) is 25.7 Å². The molecule has 92 valence electrons.